The Hall–Kier alpha value is -4.47. The van der Waals surface area contributed by atoms with Crippen LogP contribution in [0.4, 0.5) is 17.3 Å². The summed E-state index contributed by atoms with van der Waals surface area (Å²) in [5.74, 6) is 3.19. The molecule has 0 aliphatic carbocycles. The number of ether oxygens (including phenoxy) is 4. The highest BCUT2D eigenvalue weighted by atomic mass is 16.5. The summed E-state index contributed by atoms with van der Waals surface area (Å²) in [5, 5.41) is 6.02. The lowest BCUT2D eigenvalue weighted by molar-refractivity contribution is -0.129. The highest BCUT2D eigenvalue weighted by Gasteiger charge is 2.36. The first-order valence-electron chi connectivity index (χ1n) is 10.8. The number of pyridine rings is 2. The van der Waals surface area contributed by atoms with Gasteiger partial charge >= 0.3 is 0 Å². The average molecular weight is 476 g/mol. The van der Waals surface area contributed by atoms with Crippen LogP contribution < -0.4 is 29.6 Å². The molecule has 0 unspecified atom stereocenters. The molecule has 1 amide bonds. The molecule has 0 saturated carbocycles. The Kier molecular flexibility index (Phi) is 5.35. The maximum atomic E-state index is 12.2. The lowest BCUT2D eigenvalue weighted by Crippen LogP contribution is -2.46. The van der Waals surface area contributed by atoms with Crippen molar-refractivity contribution in [3.63, 3.8) is 0 Å². The Labute approximate surface area is 201 Å². The second kappa shape index (κ2) is 8.39. The molecule has 0 atom stereocenters. The third-order valence-electron chi connectivity index (χ3n) is 5.63. The molecule has 0 fully saturated rings. The average Bonchev–Trinajstić information content (AvgIpc) is 3.29. The molecule has 5 rings (SSSR count). The fraction of sp³-hybridized carbons (Fsp3) is 0.240. The second-order valence-corrected chi connectivity index (χ2v) is 8.33. The van der Waals surface area contributed by atoms with E-state index in [1.54, 1.807) is 71.7 Å². The summed E-state index contributed by atoms with van der Waals surface area (Å²) in [5.41, 5.74) is 1.62. The number of methoxy groups -OCH3 is 3. The summed E-state index contributed by atoms with van der Waals surface area (Å²) >= 11 is 0. The number of amides is 1. The maximum absolute atomic E-state index is 12.2. The van der Waals surface area contributed by atoms with Crippen molar-refractivity contribution < 1.29 is 28.2 Å². The topological polar surface area (TPSA) is 117 Å². The molecule has 4 heterocycles. The normalized spacial score (nSPS) is 14.0. The van der Waals surface area contributed by atoms with Gasteiger partial charge in [0.2, 0.25) is 5.75 Å². The number of anilines is 3. The van der Waals surface area contributed by atoms with Crippen molar-refractivity contribution >= 4 is 34.3 Å². The number of furan rings is 1. The number of fused-ring (bicyclic) bond motifs is 2. The number of carbonyl (C=O) groups is 1. The largest absolute Gasteiger partial charge is 0.493 e. The van der Waals surface area contributed by atoms with E-state index < -0.39 is 5.60 Å². The van der Waals surface area contributed by atoms with E-state index in [1.165, 1.54) is 0 Å². The molecule has 10 heteroatoms. The third kappa shape index (κ3) is 3.92. The van der Waals surface area contributed by atoms with E-state index in [1.807, 2.05) is 6.07 Å². The Morgan fingerprint density at radius 1 is 1.00 bits per heavy atom. The molecule has 0 spiro atoms. The summed E-state index contributed by atoms with van der Waals surface area (Å²) in [7, 11) is 4.67. The quantitative estimate of drug-likeness (QED) is 0.406. The summed E-state index contributed by atoms with van der Waals surface area (Å²) in [6.07, 6.45) is 1.67. The first-order chi connectivity index (χ1) is 16.8. The molecule has 0 saturated heterocycles. The molecule has 1 aliphatic heterocycles. The van der Waals surface area contributed by atoms with E-state index in [4.69, 9.17) is 23.4 Å². The standard InChI is InChI=1S/C25H24N4O6/c1-25(2)24(30)29-23-16(35-25)6-7-20(28-23)27-14-8-9-26-15-12-17(34-21(14)15)13-10-18(31-3)22(33-5)19(11-13)32-4/h6-12H,1-5H3,(H2,26,27,28,29,30). The Morgan fingerprint density at radius 2 is 1.74 bits per heavy atom. The van der Waals surface area contributed by atoms with Gasteiger partial charge < -0.3 is 34.0 Å². The molecule has 1 aromatic carbocycles. The van der Waals surface area contributed by atoms with Gasteiger partial charge in [0.25, 0.3) is 5.91 Å². The fourth-order valence-corrected chi connectivity index (χ4v) is 3.81. The number of benzene rings is 1. The molecule has 35 heavy (non-hydrogen) atoms. The Morgan fingerprint density at radius 3 is 2.43 bits per heavy atom. The van der Waals surface area contributed by atoms with Crippen molar-refractivity contribution in [1.29, 1.82) is 0 Å². The van der Waals surface area contributed by atoms with Gasteiger partial charge in [-0.1, -0.05) is 0 Å². The van der Waals surface area contributed by atoms with Crippen LogP contribution in [-0.2, 0) is 4.79 Å². The lowest BCUT2D eigenvalue weighted by Gasteiger charge is -2.30. The van der Waals surface area contributed by atoms with E-state index in [0.29, 0.717) is 57.2 Å². The summed E-state index contributed by atoms with van der Waals surface area (Å²) in [4.78, 5) is 21.2. The maximum Gasteiger partial charge on any atom is 0.269 e. The van der Waals surface area contributed by atoms with Gasteiger partial charge in [-0.3, -0.25) is 9.78 Å². The zero-order valence-electron chi connectivity index (χ0n) is 19.9. The van der Waals surface area contributed by atoms with Crippen LogP contribution in [0.1, 0.15) is 13.8 Å². The first kappa shape index (κ1) is 22.3. The number of aromatic nitrogens is 2. The van der Waals surface area contributed by atoms with Crippen LogP contribution in [0.25, 0.3) is 22.4 Å². The molecule has 2 N–H and O–H groups in total. The highest BCUT2D eigenvalue weighted by molar-refractivity contribution is 5.99. The van der Waals surface area contributed by atoms with Crippen LogP contribution in [0.3, 0.4) is 0 Å². The van der Waals surface area contributed by atoms with Crippen molar-refractivity contribution in [2.45, 2.75) is 19.4 Å². The zero-order valence-corrected chi connectivity index (χ0v) is 19.9. The SMILES string of the molecule is COc1cc(-c2cc3nccc(Nc4ccc5c(n4)NC(=O)C(C)(C)O5)c3o2)cc(OC)c1OC. The molecular formula is C25H24N4O6. The number of hydrogen-bond acceptors (Lipinski definition) is 9. The number of nitrogens with one attached hydrogen (secondary N) is 2. The summed E-state index contributed by atoms with van der Waals surface area (Å²) in [6.45, 7) is 3.40. The molecule has 0 bridgehead atoms. The van der Waals surface area contributed by atoms with Gasteiger partial charge in [-0.2, -0.15) is 0 Å². The van der Waals surface area contributed by atoms with Crippen molar-refractivity contribution in [2.75, 3.05) is 32.0 Å². The van der Waals surface area contributed by atoms with Crippen LogP contribution in [0.2, 0.25) is 0 Å². The molecule has 4 aromatic rings. The van der Waals surface area contributed by atoms with Crippen molar-refractivity contribution in [1.82, 2.24) is 9.97 Å². The van der Waals surface area contributed by atoms with Gasteiger partial charge in [0.1, 0.15) is 17.1 Å². The van der Waals surface area contributed by atoms with Gasteiger partial charge in [0, 0.05) is 17.8 Å². The van der Waals surface area contributed by atoms with Gasteiger partial charge in [0.05, 0.1) is 27.0 Å². The van der Waals surface area contributed by atoms with Crippen LogP contribution >= 0.6 is 0 Å². The van der Waals surface area contributed by atoms with Crippen LogP contribution in [-0.4, -0.2) is 42.8 Å². The first-order valence-corrected chi connectivity index (χ1v) is 10.8. The Bertz CT molecular complexity index is 1420. The Balaban J connectivity index is 1.50. The molecule has 3 aromatic heterocycles. The minimum absolute atomic E-state index is 0.262. The number of carbonyl (C=O) groups excluding carboxylic acids is 1. The predicted octanol–water partition coefficient (Wildman–Crippen LogP) is 4.77. The zero-order chi connectivity index (χ0) is 24.7. The van der Waals surface area contributed by atoms with Gasteiger partial charge in [-0.05, 0) is 44.2 Å². The summed E-state index contributed by atoms with van der Waals surface area (Å²) in [6, 6.07) is 10.7. The molecule has 10 nitrogen and oxygen atoms in total. The van der Waals surface area contributed by atoms with Crippen molar-refractivity contribution in [3.05, 3.63) is 42.6 Å². The highest BCUT2D eigenvalue weighted by Crippen LogP contribution is 2.43. The smallest absolute Gasteiger partial charge is 0.269 e. The van der Waals surface area contributed by atoms with E-state index >= 15 is 0 Å². The number of hydrogen-bond donors (Lipinski definition) is 2. The monoisotopic (exact) mass is 476 g/mol. The number of nitrogens with zero attached hydrogens (tertiary/aromatic N) is 2. The van der Waals surface area contributed by atoms with E-state index in [9.17, 15) is 4.79 Å². The van der Waals surface area contributed by atoms with E-state index in [2.05, 4.69) is 20.6 Å². The minimum atomic E-state index is -0.960. The van der Waals surface area contributed by atoms with Crippen molar-refractivity contribution in [3.8, 4) is 34.3 Å². The van der Waals surface area contributed by atoms with Crippen molar-refractivity contribution in [2.24, 2.45) is 0 Å². The molecule has 180 valence electrons. The van der Waals surface area contributed by atoms with Gasteiger partial charge in [0.15, 0.2) is 34.3 Å². The van der Waals surface area contributed by atoms with Gasteiger partial charge in [-0.15, -0.1) is 0 Å². The minimum Gasteiger partial charge on any atom is -0.493 e. The van der Waals surface area contributed by atoms with E-state index in [-0.39, 0.29) is 5.91 Å². The predicted molar refractivity (Wildman–Crippen MR) is 130 cm³/mol. The van der Waals surface area contributed by atoms with Crippen LogP contribution in [0.15, 0.2) is 47.0 Å². The molecule has 0 radical (unpaired) electrons. The lowest BCUT2D eigenvalue weighted by atomic mass is 10.1. The summed E-state index contributed by atoms with van der Waals surface area (Å²) < 4.78 is 28.3. The molecule has 1 aliphatic rings. The van der Waals surface area contributed by atoms with E-state index in [0.717, 1.165) is 5.56 Å². The molecular weight excluding hydrogens is 452 g/mol. The third-order valence-corrected chi connectivity index (χ3v) is 5.63. The fourth-order valence-electron chi connectivity index (χ4n) is 3.81. The second-order valence-electron chi connectivity index (χ2n) is 8.33. The number of rotatable bonds is 6. The van der Waals surface area contributed by atoms with Crippen LogP contribution in [0, 0.1) is 0 Å². The van der Waals surface area contributed by atoms with Gasteiger partial charge in [-0.25, -0.2) is 4.98 Å². The van der Waals surface area contributed by atoms with Crippen LogP contribution in [0.5, 0.6) is 23.0 Å².